The van der Waals surface area contributed by atoms with Crippen molar-refractivity contribution in [3.63, 3.8) is 0 Å². The molecular formula is C40H32F18O. The second-order valence-electron chi connectivity index (χ2n) is 12.2. The summed E-state index contributed by atoms with van der Waals surface area (Å²) in [7, 11) is 0. The summed E-state index contributed by atoms with van der Waals surface area (Å²) in [6, 6.07) is 19.6. The Hall–Kier alpha value is -5.36. The molecule has 0 saturated carbocycles. The molecule has 0 N–H and O–H groups in total. The predicted octanol–water partition coefficient (Wildman–Crippen LogP) is 15.4. The summed E-state index contributed by atoms with van der Waals surface area (Å²) in [6.45, 7) is 7.52. The SMILES string of the molecule is Cc1cc(F)cc(C(F)(F)F)c1.Cc1ccc(F)c(C(F)(F)F)c1.Cc1cccc(C(F)(F)F)c1.Cc1cccc(C(F)(F)F)c1F.Cc1cccc(OC(F)(F)F)c1. The summed E-state index contributed by atoms with van der Waals surface area (Å²) in [5, 5.41) is 0. The molecule has 0 amide bonds. The van der Waals surface area contributed by atoms with E-state index >= 15 is 0 Å². The zero-order valence-electron chi connectivity index (χ0n) is 31.0. The first-order valence-electron chi connectivity index (χ1n) is 16.2. The topological polar surface area (TPSA) is 9.23 Å². The van der Waals surface area contributed by atoms with Crippen molar-refractivity contribution >= 4 is 0 Å². The van der Waals surface area contributed by atoms with Gasteiger partial charge in [0.25, 0.3) is 0 Å². The summed E-state index contributed by atoms with van der Waals surface area (Å²) < 4.78 is 220. The maximum Gasteiger partial charge on any atom is 0.573 e. The molecule has 0 aliphatic carbocycles. The Bertz CT molecular complexity index is 2040. The lowest BCUT2D eigenvalue weighted by atomic mass is 10.1. The number of halogens is 18. The standard InChI is InChI=1S/3C8H6F4.C8H7F3O.C8H7F3/c1-5-2-6(8(10,11)12)4-7(9)3-5;1-5-2-3-7(9)6(4-5)8(10,11)12;1-5-3-2-4-6(7(5)9)8(10,11)12;1-6-3-2-4-7(5-6)12-8(9,10)11;1-6-3-2-4-7(5-6)8(9,10)11/h3*2-4H,1H3;2-5H,1H3;2-5H,1H3. The lowest BCUT2D eigenvalue weighted by Crippen LogP contribution is -2.17. The second-order valence-corrected chi connectivity index (χ2v) is 12.2. The molecular weight excluding hydrogens is 838 g/mol. The molecule has 324 valence electrons. The van der Waals surface area contributed by atoms with E-state index < -0.39 is 70.8 Å². The van der Waals surface area contributed by atoms with E-state index in [4.69, 9.17) is 0 Å². The number of rotatable bonds is 1. The van der Waals surface area contributed by atoms with Crippen LogP contribution in [0.4, 0.5) is 79.0 Å². The molecule has 0 bridgehead atoms. The Labute approximate surface area is 325 Å². The number of aryl methyl sites for hydroxylation is 5. The smallest absolute Gasteiger partial charge is 0.406 e. The molecule has 0 saturated heterocycles. The highest BCUT2D eigenvalue weighted by molar-refractivity contribution is 5.29. The Morgan fingerprint density at radius 3 is 1.27 bits per heavy atom. The maximum atomic E-state index is 12.8. The maximum absolute atomic E-state index is 12.8. The van der Waals surface area contributed by atoms with Gasteiger partial charge in [-0.15, -0.1) is 13.2 Å². The van der Waals surface area contributed by atoms with Crippen LogP contribution in [0.25, 0.3) is 0 Å². The Balaban J connectivity index is 0.000000369. The minimum atomic E-state index is -4.60. The van der Waals surface area contributed by atoms with Crippen LogP contribution in [0.1, 0.15) is 50.1 Å². The molecule has 0 unspecified atom stereocenters. The van der Waals surface area contributed by atoms with Gasteiger partial charge >= 0.3 is 31.1 Å². The van der Waals surface area contributed by atoms with Gasteiger partial charge in [-0.25, -0.2) is 13.2 Å². The van der Waals surface area contributed by atoms with E-state index in [9.17, 15) is 79.0 Å². The molecule has 0 fully saturated rings. The van der Waals surface area contributed by atoms with Crippen molar-refractivity contribution in [1.82, 2.24) is 0 Å². The quantitative estimate of drug-likeness (QED) is 0.153. The van der Waals surface area contributed by atoms with Crippen LogP contribution in [0, 0.1) is 52.1 Å². The fourth-order valence-electron chi connectivity index (χ4n) is 4.26. The lowest BCUT2D eigenvalue weighted by molar-refractivity contribution is -0.274. The first-order valence-corrected chi connectivity index (χ1v) is 16.2. The molecule has 5 aromatic rings. The van der Waals surface area contributed by atoms with Crippen LogP contribution in [0.15, 0.2) is 103 Å². The van der Waals surface area contributed by atoms with Gasteiger partial charge in [-0.05, 0) is 106 Å². The van der Waals surface area contributed by atoms with Gasteiger partial charge in [-0.3, -0.25) is 0 Å². The first kappa shape index (κ1) is 51.7. The van der Waals surface area contributed by atoms with Gasteiger partial charge in [0.05, 0.1) is 22.3 Å². The van der Waals surface area contributed by atoms with E-state index in [2.05, 4.69) is 4.74 Å². The fourth-order valence-corrected chi connectivity index (χ4v) is 4.26. The monoisotopic (exact) mass is 870 g/mol. The average Bonchev–Trinajstić information content (AvgIpc) is 3.05. The summed E-state index contributed by atoms with van der Waals surface area (Å²) in [5.41, 5.74) is -1.92. The van der Waals surface area contributed by atoms with Crippen LogP contribution >= 0.6 is 0 Å². The van der Waals surface area contributed by atoms with E-state index in [1.165, 1.54) is 63.2 Å². The molecule has 0 atom stereocenters. The van der Waals surface area contributed by atoms with Crippen molar-refractivity contribution in [3.05, 3.63) is 171 Å². The Morgan fingerprint density at radius 1 is 0.390 bits per heavy atom. The molecule has 0 aliphatic heterocycles. The van der Waals surface area contributed by atoms with E-state index in [0.29, 0.717) is 17.2 Å². The summed E-state index contributed by atoms with van der Waals surface area (Å²) >= 11 is 0. The Morgan fingerprint density at radius 2 is 0.864 bits per heavy atom. The van der Waals surface area contributed by atoms with Crippen LogP contribution < -0.4 is 4.74 Å². The Kier molecular flexibility index (Phi) is 18.4. The summed E-state index contributed by atoms with van der Waals surface area (Å²) in [6.07, 6.45) is -22.5. The van der Waals surface area contributed by atoms with Gasteiger partial charge < -0.3 is 4.74 Å². The molecule has 0 heterocycles. The number of benzene rings is 5. The lowest BCUT2D eigenvalue weighted by Gasteiger charge is -2.08. The number of alkyl halides is 15. The molecule has 0 radical (unpaired) electrons. The van der Waals surface area contributed by atoms with Crippen LogP contribution in [-0.4, -0.2) is 6.36 Å². The largest absolute Gasteiger partial charge is 0.573 e. The van der Waals surface area contributed by atoms with Gasteiger partial charge in [0.2, 0.25) is 0 Å². The molecule has 0 aliphatic rings. The van der Waals surface area contributed by atoms with E-state index in [0.717, 1.165) is 48.0 Å². The molecule has 0 spiro atoms. The van der Waals surface area contributed by atoms with Gasteiger partial charge in [0, 0.05) is 0 Å². The fraction of sp³-hybridized carbons (Fsp3) is 0.250. The molecule has 0 aromatic heterocycles. The highest BCUT2D eigenvalue weighted by Gasteiger charge is 2.35. The third-order valence-corrected chi connectivity index (χ3v) is 6.86. The van der Waals surface area contributed by atoms with Gasteiger partial charge in [0.1, 0.15) is 23.2 Å². The highest BCUT2D eigenvalue weighted by atomic mass is 19.4. The third-order valence-electron chi connectivity index (χ3n) is 6.86. The van der Waals surface area contributed by atoms with Crippen molar-refractivity contribution in [2.24, 2.45) is 0 Å². The van der Waals surface area contributed by atoms with E-state index in [-0.39, 0.29) is 16.9 Å². The van der Waals surface area contributed by atoms with E-state index in [1.54, 1.807) is 26.0 Å². The first-order chi connectivity index (χ1) is 26.7. The van der Waals surface area contributed by atoms with Crippen molar-refractivity contribution in [3.8, 4) is 5.75 Å². The molecule has 5 rings (SSSR count). The van der Waals surface area contributed by atoms with Crippen LogP contribution in [0.2, 0.25) is 0 Å². The van der Waals surface area contributed by atoms with Crippen molar-refractivity contribution in [2.75, 3.05) is 0 Å². The van der Waals surface area contributed by atoms with Gasteiger partial charge in [0.15, 0.2) is 0 Å². The summed E-state index contributed by atoms with van der Waals surface area (Å²) in [5.74, 6) is -3.46. The molecule has 5 aromatic carbocycles. The van der Waals surface area contributed by atoms with Crippen LogP contribution in [-0.2, 0) is 24.7 Å². The van der Waals surface area contributed by atoms with Crippen molar-refractivity contribution in [2.45, 2.75) is 65.7 Å². The van der Waals surface area contributed by atoms with Gasteiger partial charge in [-0.1, -0.05) is 59.7 Å². The zero-order chi connectivity index (χ0) is 45.7. The minimum absolute atomic E-state index is 0.00447. The normalized spacial score (nSPS) is 11.6. The van der Waals surface area contributed by atoms with Crippen LogP contribution in [0.3, 0.4) is 0 Å². The van der Waals surface area contributed by atoms with Crippen LogP contribution in [0.5, 0.6) is 5.75 Å². The predicted molar refractivity (Wildman–Crippen MR) is 182 cm³/mol. The van der Waals surface area contributed by atoms with Crippen molar-refractivity contribution in [1.29, 1.82) is 0 Å². The zero-order valence-corrected chi connectivity index (χ0v) is 31.0. The molecule has 19 heteroatoms. The number of hydrogen-bond acceptors (Lipinski definition) is 1. The third kappa shape index (κ3) is 19.8. The minimum Gasteiger partial charge on any atom is -0.406 e. The average molecular weight is 871 g/mol. The number of ether oxygens (including phenoxy) is 1. The highest BCUT2D eigenvalue weighted by Crippen LogP contribution is 2.34. The summed E-state index contributed by atoms with van der Waals surface area (Å²) in [4.78, 5) is 0. The van der Waals surface area contributed by atoms with E-state index in [1.807, 2.05) is 0 Å². The van der Waals surface area contributed by atoms with Gasteiger partial charge in [-0.2, -0.15) is 52.7 Å². The number of hydrogen-bond donors (Lipinski definition) is 0. The van der Waals surface area contributed by atoms with Crippen molar-refractivity contribution < 1.29 is 83.8 Å². The molecule has 59 heavy (non-hydrogen) atoms. The second kappa shape index (κ2) is 21.1. The molecule has 1 nitrogen and oxygen atoms in total.